The molecule has 0 aliphatic carbocycles. The van der Waals surface area contributed by atoms with E-state index in [2.05, 4.69) is 35.7 Å². The lowest BCUT2D eigenvalue weighted by Crippen LogP contribution is -2.15. The van der Waals surface area contributed by atoms with Crippen molar-refractivity contribution in [2.24, 2.45) is 0 Å². The van der Waals surface area contributed by atoms with Gasteiger partial charge in [0.05, 0.1) is 5.75 Å². The average molecular weight is 360 g/mol. The molecule has 8 heteroatoms. The first-order valence-corrected chi connectivity index (χ1v) is 9.65. The van der Waals surface area contributed by atoms with Crippen LogP contribution in [0.15, 0.2) is 24.3 Å². The van der Waals surface area contributed by atoms with Gasteiger partial charge in [0.15, 0.2) is 0 Å². The van der Waals surface area contributed by atoms with Crippen LogP contribution in [0.5, 0.6) is 0 Å². The molecule has 0 saturated carbocycles. The fourth-order valence-electron chi connectivity index (χ4n) is 1.66. The summed E-state index contributed by atoms with van der Waals surface area (Å²) in [4.78, 5) is 0. The third kappa shape index (κ3) is 4.41. The molecule has 0 amide bonds. The summed E-state index contributed by atoms with van der Waals surface area (Å²) in [5.74, 6) is -0.129. The van der Waals surface area contributed by atoms with Gasteiger partial charge in [0, 0.05) is 10.4 Å². The predicted molar refractivity (Wildman–Crippen MR) is 90.9 cm³/mol. The Hall–Kier alpha value is -1.18. The van der Waals surface area contributed by atoms with E-state index < -0.39 is 10.0 Å². The van der Waals surface area contributed by atoms with Gasteiger partial charge in [-0.25, -0.2) is 8.42 Å². The molecule has 0 spiro atoms. The largest absolute Gasteiger partial charge is 0.257 e. The fraction of sp³-hybridized carbons (Fsp3) is 0.429. The van der Waals surface area contributed by atoms with Gasteiger partial charge in [0.2, 0.25) is 15.2 Å². The Balaban J connectivity index is 2.10. The molecule has 2 aromatic rings. The minimum absolute atomic E-state index is 0.114. The van der Waals surface area contributed by atoms with Crippen LogP contribution in [-0.2, 0) is 21.2 Å². The third-order valence-corrected chi connectivity index (χ3v) is 6.20. The maximum Gasteiger partial charge on any atom is 0.238 e. The summed E-state index contributed by atoms with van der Waals surface area (Å²) in [7, 11) is -3.52. The second kappa shape index (κ2) is 6.52. The van der Waals surface area contributed by atoms with Crippen LogP contribution in [0.2, 0.25) is 5.02 Å². The third-order valence-electron chi connectivity index (χ3n) is 3.40. The van der Waals surface area contributed by atoms with E-state index >= 15 is 0 Å². The lowest BCUT2D eigenvalue weighted by atomic mass is 9.91. The van der Waals surface area contributed by atoms with Crippen LogP contribution < -0.4 is 4.72 Å². The maximum atomic E-state index is 12.2. The Bertz CT molecular complexity index is 740. The second-order valence-electron chi connectivity index (χ2n) is 5.64. The van der Waals surface area contributed by atoms with Crippen LogP contribution in [0.3, 0.4) is 0 Å². The number of rotatable bonds is 6. The number of sulfonamides is 1. The number of nitrogens with one attached hydrogen (secondary N) is 1. The highest BCUT2D eigenvalue weighted by atomic mass is 35.5. The highest BCUT2D eigenvalue weighted by Crippen LogP contribution is 2.31. The summed E-state index contributed by atoms with van der Waals surface area (Å²) < 4.78 is 26.8. The zero-order valence-corrected chi connectivity index (χ0v) is 15.0. The topological polar surface area (TPSA) is 72.0 Å². The lowest BCUT2D eigenvalue weighted by Gasteiger charge is -2.17. The number of hydrogen-bond donors (Lipinski definition) is 1. The number of anilines is 1. The SMILES string of the molecule is CCC(C)(C)c1nnc(NS(=O)(=O)Cc2ccc(Cl)cc2)s1. The zero-order valence-electron chi connectivity index (χ0n) is 12.6. The van der Waals surface area contributed by atoms with Gasteiger partial charge in [0.25, 0.3) is 0 Å². The van der Waals surface area contributed by atoms with Crippen LogP contribution in [0.1, 0.15) is 37.8 Å². The number of benzene rings is 1. The molecule has 2 rings (SSSR count). The maximum absolute atomic E-state index is 12.2. The van der Waals surface area contributed by atoms with Crippen LogP contribution in [0, 0.1) is 0 Å². The molecular weight excluding hydrogens is 342 g/mol. The van der Waals surface area contributed by atoms with E-state index in [-0.39, 0.29) is 11.2 Å². The standard InChI is InChI=1S/C14H18ClN3O2S2/c1-4-14(2,3)12-16-17-13(21-12)18-22(19,20)9-10-5-7-11(15)8-6-10/h5-8H,4,9H2,1-3H3,(H,17,18). The number of aromatic nitrogens is 2. The van der Waals surface area contributed by atoms with Gasteiger partial charge in [-0.15, -0.1) is 10.2 Å². The van der Waals surface area contributed by atoms with Crippen molar-refractivity contribution in [2.75, 3.05) is 4.72 Å². The molecule has 22 heavy (non-hydrogen) atoms. The first-order valence-electron chi connectivity index (χ1n) is 6.81. The van der Waals surface area contributed by atoms with Gasteiger partial charge in [-0.05, 0) is 24.1 Å². The van der Waals surface area contributed by atoms with Crippen molar-refractivity contribution in [3.63, 3.8) is 0 Å². The van der Waals surface area contributed by atoms with E-state index in [0.717, 1.165) is 11.4 Å². The van der Waals surface area contributed by atoms with Crippen molar-refractivity contribution >= 4 is 38.1 Å². The molecule has 0 radical (unpaired) electrons. The lowest BCUT2D eigenvalue weighted by molar-refractivity contribution is 0.498. The van der Waals surface area contributed by atoms with Gasteiger partial charge in [-0.3, -0.25) is 4.72 Å². The molecule has 120 valence electrons. The van der Waals surface area contributed by atoms with Crippen molar-refractivity contribution in [2.45, 2.75) is 38.4 Å². The number of hydrogen-bond acceptors (Lipinski definition) is 5. The zero-order chi connectivity index (χ0) is 16.4. The van der Waals surface area contributed by atoms with Crippen LogP contribution in [0.4, 0.5) is 5.13 Å². The van der Waals surface area contributed by atoms with Crippen molar-refractivity contribution in [3.05, 3.63) is 39.9 Å². The fourth-order valence-corrected chi connectivity index (χ4v) is 4.11. The molecule has 0 atom stereocenters. The van der Waals surface area contributed by atoms with Gasteiger partial charge in [0.1, 0.15) is 5.01 Å². The van der Waals surface area contributed by atoms with Crippen molar-refractivity contribution in [3.8, 4) is 0 Å². The smallest absolute Gasteiger partial charge is 0.238 e. The summed E-state index contributed by atoms with van der Waals surface area (Å²) in [6.45, 7) is 6.17. The Morgan fingerprint density at radius 3 is 2.45 bits per heavy atom. The monoisotopic (exact) mass is 359 g/mol. The normalized spacial score (nSPS) is 12.4. The van der Waals surface area contributed by atoms with Gasteiger partial charge in [-0.2, -0.15) is 0 Å². The molecule has 0 aliphatic heterocycles. The minimum Gasteiger partial charge on any atom is -0.257 e. The molecule has 0 fully saturated rings. The van der Waals surface area contributed by atoms with Crippen molar-refractivity contribution in [1.29, 1.82) is 0 Å². The Kier molecular flexibility index (Phi) is 5.09. The summed E-state index contributed by atoms with van der Waals surface area (Å²) in [5.41, 5.74) is 0.549. The van der Waals surface area contributed by atoms with E-state index in [1.54, 1.807) is 24.3 Å². The molecule has 0 aliphatic rings. The molecular formula is C14H18ClN3O2S2. The van der Waals surface area contributed by atoms with Crippen LogP contribution >= 0.6 is 22.9 Å². The van der Waals surface area contributed by atoms with Gasteiger partial charge in [-0.1, -0.05) is 55.8 Å². The second-order valence-corrected chi connectivity index (χ2v) is 8.77. The first kappa shape index (κ1) is 17.2. The Labute approximate surface area is 139 Å². The van der Waals surface area contributed by atoms with E-state index in [4.69, 9.17) is 11.6 Å². The summed E-state index contributed by atoms with van der Waals surface area (Å²) >= 11 is 7.06. The first-order chi connectivity index (χ1) is 10.2. The van der Waals surface area contributed by atoms with Gasteiger partial charge < -0.3 is 0 Å². The van der Waals surface area contributed by atoms with E-state index in [9.17, 15) is 8.42 Å². The average Bonchev–Trinajstić information content (AvgIpc) is 2.89. The molecule has 1 heterocycles. The highest BCUT2D eigenvalue weighted by Gasteiger charge is 2.24. The predicted octanol–water partition coefficient (Wildman–Crippen LogP) is 3.82. The highest BCUT2D eigenvalue weighted by molar-refractivity contribution is 7.92. The van der Waals surface area contributed by atoms with E-state index in [1.807, 2.05) is 0 Å². The molecule has 0 saturated heterocycles. The van der Waals surface area contributed by atoms with Crippen molar-refractivity contribution < 1.29 is 8.42 Å². The minimum atomic E-state index is -3.52. The number of halogens is 1. The molecule has 1 aromatic heterocycles. The summed E-state index contributed by atoms with van der Waals surface area (Å²) in [6, 6.07) is 6.71. The summed E-state index contributed by atoms with van der Waals surface area (Å²) in [5, 5.41) is 9.70. The molecule has 0 bridgehead atoms. The molecule has 5 nitrogen and oxygen atoms in total. The summed E-state index contributed by atoms with van der Waals surface area (Å²) in [6.07, 6.45) is 0.902. The Morgan fingerprint density at radius 1 is 1.23 bits per heavy atom. The van der Waals surface area contributed by atoms with Crippen LogP contribution in [-0.4, -0.2) is 18.6 Å². The van der Waals surface area contributed by atoms with Gasteiger partial charge >= 0.3 is 0 Å². The van der Waals surface area contributed by atoms with E-state index in [0.29, 0.717) is 15.7 Å². The van der Waals surface area contributed by atoms with Crippen molar-refractivity contribution in [1.82, 2.24) is 10.2 Å². The quantitative estimate of drug-likeness (QED) is 0.850. The number of nitrogens with zero attached hydrogens (tertiary/aromatic N) is 2. The Morgan fingerprint density at radius 2 is 1.86 bits per heavy atom. The molecule has 1 aromatic carbocycles. The molecule has 0 unspecified atom stereocenters. The van der Waals surface area contributed by atoms with Crippen LogP contribution in [0.25, 0.3) is 0 Å². The molecule has 1 N–H and O–H groups in total. The van der Waals surface area contributed by atoms with E-state index in [1.165, 1.54) is 11.3 Å².